The first-order valence-corrected chi connectivity index (χ1v) is 11.1. The fourth-order valence-corrected chi connectivity index (χ4v) is 4.11. The van der Waals surface area contributed by atoms with Gasteiger partial charge in [-0.25, -0.2) is 4.79 Å². The number of aryl methyl sites for hydroxylation is 2. The third-order valence-electron chi connectivity index (χ3n) is 6.11. The molecule has 1 aliphatic heterocycles. The van der Waals surface area contributed by atoms with E-state index in [1.165, 1.54) is 0 Å². The van der Waals surface area contributed by atoms with Gasteiger partial charge in [-0.15, -0.1) is 0 Å². The largest absolute Gasteiger partial charge is 0.491 e. The number of fused-ring (bicyclic) bond motifs is 2. The molecule has 8 nitrogen and oxygen atoms in total. The Balaban J connectivity index is 1.13. The highest BCUT2D eigenvalue weighted by atomic mass is 16.7. The van der Waals surface area contributed by atoms with Gasteiger partial charge in [-0.3, -0.25) is 9.13 Å². The molecule has 0 radical (unpaired) electrons. The maximum Gasteiger partial charge on any atom is 0.328 e. The van der Waals surface area contributed by atoms with E-state index in [0.29, 0.717) is 17.9 Å². The molecule has 34 heavy (non-hydrogen) atoms. The van der Waals surface area contributed by atoms with E-state index < -0.39 is 6.10 Å². The van der Waals surface area contributed by atoms with Crippen LogP contribution in [-0.4, -0.2) is 27.6 Å². The number of aliphatic hydroxyl groups excluding tert-OH is 1. The van der Waals surface area contributed by atoms with Gasteiger partial charge in [0.15, 0.2) is 11.5 Å². The van der Waals surface area contributed by atoms with Crippen LogP contribution in [0.4, 0.5) is 0 Å². The molecule has 0 aliphatic carbocycles. The van der Waals surface area contributed by atoms with Crippen LogP contribution in [0, 0.1) is 0 Å². The molecular formula is C26H27N3O5. The molecular weight excluding hydrogens is 434 g/mol. The van der Waals surface area contributed by atoms with Gasteiger partial charge >= 0.3 is 5.69 Å². The first-order valence-electron chi connectivity index (χ1n) is 11.1. The topological polar surface area (TPSA) is 86.9 Å². The van der Waals surface area contributed by atoms with Crippen molar-refractivity contribution in [2.24, 2.45) is 14.1 Å². The van der Waals surface area contributed by atoms with Gasteiger partial charge in [0.25, 0.3) is 0 Å². The van der Waals surface area contributed by atoms with E-state index in [-0.39, 0.29) is 19.1 Å². The standard InChI is InChI=1S/C26H27N3O5/c1-28-21-9-6-19(12-22(21)29(2)26(28)31)23(30)15-32-20-7-3-17(4-8-20)13-27-14-18-5-10-24-25(11-18)34-16-33-24/h3-12,23,27,30H,13-16H2,1-2H3/t23-/m0/s1. The number of imidazole rings is 1. The normalized spacial score (nSPS) is 13.4. The summed E-state index contributed by atoms with van der Waals surface area (Å²) in [5.41, 5.74) is 4.48. The molecule has 0 fully saturated rings. The molecule has 4 aromatic rings. The molecule has 2 N–H and O–H groups in total. The summed E-state index contributed by atoms with van der Waals surface area (Å²) in [5, 5.41) is 14.0. The third-order valence-corrected chi connectivity index (χ3v) is 6.11. The van der Waals surface area contributed by atoms with Crippen LogP contribution in [0.1, 0.15) is 22.8 Å². The van der Waals surface area contributed by atoms with Crippen LogP contribution >= 0.6 is 0 Å². The average molecular weight is 462 g/mol. The molecule has 0 spiro atoms. The van der Waals surface area contributed by atoms with Crippen molar-refractivity contribution in [3.05, 3.63) is 87.8 Å². The van der Waals surface area contributed by atoms with E-state index in [9.17, 15) is 9.90 Å². The van der Waals surface area contributed by atoms with Gasteiger partial charge < -0.3 is 24.6 Å². The number of rotatable bonds is 8. The Hall–Kier alpha value is -3.75. The van der Waals surface area contributed by atoms with Crippen LogP contribution in [0.3, 0.4) is 0 Å². The molecule has 0 saturated carbocycles. The Kier molecular flexibility index (Phi) is 6.00. The Morgan fingerprint density at radius 1 is 0.912 bits per heavy atom. The number of nitrogens with one attached hydrogen (secondary N) is 1. The molecule has 1 aliphatic rings. The van der Waals surface area contributed by atoms with Crippen molar-refractivity contribution in [3.63, 3.8) is 0 Å². The minimum Gasteiger partial charge on any atom is -0.491 e. The molecule has 1 atom stereocenters. The molecule has 1 aromatic heterocycles. The number of nitrogens with zero attached hydrogens (tertiary/aromatic N) is 2. The van der Waals surface area contributed by atoms with Gasteiger partial charge in [0.1, 0.15) is 18.5 Å². The summed E-state index contributed by atoms with van der Waals surface area (Å²) in [6.45, 7) is 1.83. The first kappa shape index (κ1) is 22.1. The lowest BCUT2D eigenvalue weighted by Gasteiger charge is -2.14. The third kappa shape index (κ3) is 4.37. The van der Waals surface area contributed by atoms with E-state index in [2.05, 4.69) is 5.32 Å². The average Bonchev–Trinajstić information content (AvgIpc) is 3.41. The summed E-state index contributed by atoms with van der Waals surface area (Å²) >= 11 is 0. The number of hydrogen-bond acceptors (Lipinski definition) is 6. The molecule has 5 rings (SSSR count). The molecule has 0 amide bonds. The summed E-state index contributed by atoms with van der Waals surface area (Å²) in [7, 11) is 3.46. The molecule has 2 heterocycles. The van der Waals surface area contributed by atoms with E-state index in [0.717, 1.165) is 40.2 Å². The Labute approximate surface area is 196 Å². The maximum absolute atomic E-state index is 12.1. The zero-order valence-electron chi connectivity index (χ0n) is 19.2. The van der Waals surface area contributed by atoms with Crippen molar-refractivity contribution in [1.29, 1.82) is 0 Å². The minimum absolute atomic E-state index is 0.0941. The fourth-order valence-electron chi connectivity index (χ4n) is 4.11. The SMILES string of the molecule is Cn1c(=O)n(C)c2cc([C@@H](O)COc3ccc(CNCc4ccc5c(c4)OCO5)cc3)ccc21. The second-order valence-electron chi connectivity index (χ2n) is 8.41. The Bertz CT molecular complexity index is 1370. The summed E-state index contributed by atoms with van der Waals surface area (Å²) in [6.07, 6.45) is -0.803. The quantitative estimate of drug-likeness (QED) is 0.420. The first-order chi connectivity index (χ1) is 16.5. The predicted molar refractivity (Wildman–Crippen MR) is 128 cm³/mol. The molecule has 0 bridgehead atoms. The highest BCUT2D eigenvalue weighted by Gasteiger charge is 2.14. The van der Waals surface area contributed by atoms with E-state index in [1.807, 2.05) is 60.7 Å². The van der Waals surface area contributed by atoms with Crippen LogP contribution < -0.4 is 25.2 Å². The number of hydrogen-bond donors (Lipinski definition) is 2. The molecule has 0 saturated heterocycles. The lowest BCUT2D eigenvalue weighted by Crippen LogP contribution is -2.19. The van der Waals surface area contributed by atoms with Crippen molar-refractivity contribution in [3.8, 4) is 17.2 Å². The number of aliphatic hydroxyl groups is 1. The van der Waals surface area contributed by atoms with Crippen LogP contribution in [0.15, 0.2) is 65.5 Å². The molecule has 176 valence electrons. The zero-order chi connectivity index (χ0) is 23.7. The van der Waals surface area contributed by atoms with Gasteiger partial charge in [0, 0.05) is 27.2 Å². The lowest BCUT2D eigenvalue weighted by molar-refractivity contribution is 0.108. The Morgan fingerprint density at radius 2 is 1.62 bits per heavy atom. The second-order valence-corrected chi connectivity index (χ2v) is 8.41. The lowest BCUT2D eigenvalue weighted by atomic mass is 10.1. The van der Waals surface area contributed by atoms with E-state index in [4.69, 9.17) is 14.2 Å². The van der Waals surface area contributed by atoms with Gasteiger partial charge in [-0.05, 0) is 53.1 Å². The predicted octanol–water partition coefficient (Wildman–Crippen LogP) is 3.01. The van der Waals surface area contributed by atoms with Gasteiger partial charge in [-0.1, -0.05) is 24.3 Å². The van der Waals surface area contributed by atoms with Crippen LogP contribution in [0.25, 0.3) is 11.0 Å². The van der Waals surface area contributed by atoms with Gasteiger partial charge in [0.2, 0.25) is 6.79 Å². The van der Waals surface area contributed by atoms with Crippen LogP contribution in [-0.2, 0) is 27.2 Å². The summed E-state index contributed by atoms with van der Waals surface area (Å²) < 4.78 is 19.7. The number of aromatic nitrogens is 2. The summed E-state index contributed by atoms with van der Waals surface area (Å²) in [6, 6.07) is 19.2. The minimum atomic E-state index is -0.803. The van der Waals surface area contributed by atoms with Crippen molar-refractivity contribution < 1.29 is 19.3 Å². The fraction of sp³-hybridized carbons (Fsp3) is 0.269. The summed E-state index contributed by atoms with van der Waals surface area (Å²) in [4.78, 5) is 12.1. The van der Waals surface area contributed by atoms with Crippen molar-refractivity contribution in [1.82, 2.24) is 14.5 Å². The van der Waals surface area contributed by atoms with Crippen LogP contribution in [0.5, 0.6) is 17.2 Å². The molecule has 8 heteroatoms. The monoisotopic (exact) mass is 461 g/mol. The van der Waals surface area contributed by atoms with Gasteiger partial charge in [0.05, 0.1) is 11.0 Å². The van der Waals surface area contributed by atoms with E-state index >= 15 is 0 Å². The van der Waals surface area contributed by atoms with Gasteiger partial charge in [-0.2, -0.15) is 0 Å². The highest BCUT2D eigenvalue weighted by Crippen LogP contribution is 2.32. The molecule has 3 aromatic carbocycles. The van der Waals surface area contributed by atoms with Crippen molar-refractivity contribution in [2.45, 2.75) is 19.2 Å². The van der Waals surface area contributed by atoms with E-state index in [1.54, 1.807) is 23.2 Å². The highest BCUT2D eigenvalue weighted by molar-refractivity contribution is 5.77. The molecule has 0 unspecified atom stereocenters. The van der Waals surface area contributed by atoms with Crippen molar-refractivity contribution >= 4 is 11.0 Å². The summed E-state index contributed by atoms with van der Waals surface area (Å²) in [5.74, 6) is 2.26. The second kappa shape index (κ2) is 9.24. The number of benzene rings is 3. The number of ether oxygens (including phenoxy) is 3. The smallest absolute Gasteiger partial charge is 0.328 e. The van der Waals surface area contributed by atoms with Crippen molar-refractivity contribution in [2.75, 3.05) is 13.4 Å². The maximum atomic E-state index is 12.1. The zero-order valence-corrected chi connectivity index (χ0v) is 19.2. The van der Waals surface area contributed by atoms with Crippen LogP contribution in [0.2, 0.25) is 0 Å². The Morgan fingerprint density at radius 3 is 2.44 bits per heavy atom.